The lowest BCUT2D eigenvalue weighted by atomic mass is 10.1. The van der Waals surface area contributed by atoms with Crippen LogP contribution in [0.25, 0.3) is 0 Å². The van der Waals surface area contributed by atoms with Crippen molar-refractivity contribution in [2.45, 2.75) is 32.5 Å². The molecule has 2 amide bonds. The zero-order chi connectivity index (χ0) is 14.8. The second-order valence-electron chi connectivity index (χ2n) is 5.13. The number of carbonyl (C=O) groups is 1. The second kappa shape index (κ2) is 4.99. The van der Waals surface area contributed by atoms with Crippen LogP contribution < -0.4 is 16.4 Å². The highest BCUT2D eigenvalue weighted by Gasteiger charge is 2.33. The van der Waals surface area contributed by atoms with Crippen molar-refractivity contribution in [3.05, 3.63) is 23.8 Å². The monoisotopic (exact) mass is 275 g/mol. The Labute approximate surface area is 109 Å². The molecule has 7 heteroatoms. The van der Waals surface area contributed by atoms with Gasteiger partial charge in [0.2, 0.25) is 0 Å². The van der Waals surface area contributed by atoms with E-state index in [0.29, 0.717) is 0 Å². The van der Waals surface area contributed by atoms with Gasteiger partial charge in [-0.3, -0.25) is 0 Å². The lowest BCUT2D eigenvalue weighted by Crippen LogP contribution is -2.43. The summed E-state index contributed by atoms with van der Waals surface area (Å²) < 4.78 is 37.9. The Morgan fingerprint density at radius 3 is 2.26 bits per heavy atom. The number of rotatable bonds is 1. The Kier molecular flexibility index (Phi) is 3.97. The van der Waals surface area contributed by atoms with Crippen molar-refractivity contribution in [3.63, 3.8) is 0 Å². The summed E-state index contributed by atoms with van der Waals surface area (Å²) in [5.41, 5.74) is 3.46. The van der Waals surface area contributed by atoms with E-state index in [1.54, 1.807) is 20.8 Å². The minimum Gasteiger partial charge on any atom is -0.398 e. The van der Waals surface area contributed by atoms with Crippen LogP contribution in [0.15, 0.2) is 18.2 Å². The molecule has 1 aromatic rings. The van der Waals surface area contributed by atoms with Crippen LogP contribution >= 0.6 is 0 Å². The first kappa shape index (κ1) is 15.1. The highest BCUT2D eigenvalue weighted by atomic mass is 19.4. The average Bonchev–Trinajstić information content (AvgIpc) is 2.16. The maximum Gasteiger partial charge on any atom is 0.418 e. The number of alkyl halides is 3. The second-order valence-corrected chi connectivity index (χ2v) is 5.13. The Bertz CT molecular complexity index is 478. The first-order valence-corrected chi connectivity index (χ1v) is 5.55. The number of amides is 2. The van der Waals surface area contributed by atoms with E-state index in [2.05, 4.69) is 10.6 Å². The highest BCUT2D eigenvalue weighted by Crippen LogP contribution is 2.35. The minimum atomic E-state index is -4.55. The van der Waals surface area contributed by atoms with Gasteiger partial charge in [0.25, 0.3) is 0 Å². The van der Waals surface area contributed by atoms with Gasteiger partial charge in [-0.05, 0) is 39.0 Å². The summed E-state index contributed by atoms with van der Waals surface area (Å²) in [6.45, 7) is 5.28. The van der Waals surface area contributed by atoms with Crippen LogP contribution in [0.1, 0.15) is 26.3 Å². The van der Waals surface area contributed by atoms with Crippen molar-refractivity contribution in [1.82, 2.24) is 5.32 Å². The van der Waals surface area contributed by atoms with Gasteiger partial charge in [0.05, 0.1) is 5.56 Å². The van der Waals surface area contributed by atoms with Gasteiger partial charge >= 0.3 is 12.2 Å². The molecule has 4 nitrogen and oxygen atoms in total. The maximum atomic E-state index is 12.6. The van der Waals surface area contributed by atoms with Gasteiger partial charge in [-0.15, -0.1) is 0 Å². The minimum absolute atomic E-state index is 0.0308. The third-order valence-electron chi connectivity index (χ3n) is 2.11. The topological polar surface area (TPSA) is 67.2 Å². The predicted molar refractivity (Wildman–Crippen MR) is 67.8 cm³/mol. The zero-order valence-corrected chi connectivity index (χ0v) is 10.9. The molecule has 106 valence electrons. The molecule has 0 aromatic heterocycles. The molecule has 0 bridgehead atoms. The predicted octanol–water partition coefficient (Wildman–Crippen LogP) is 3.21. The van der Waals surface area contributed by atoms with Crippen LogP contribution in [0.2, 0.25) is 0 Å². The fourth-order valence-corrected chi connectivity index (χ4v) is 1.38. The fourth-order valence-electron chi connectivity index (χ4n) is 1.38. The van der Waals surface area contributed by atoms with Crippen LogP contribution in [0.4, 0.5) is 29.3 Å². The molecule has 0 aliphatic carbocycles. The summed E-state index contributed by atoms with van der Waals surface area (Å²) in [7, 11) is 0. The molecule has 0 atom stereocenters. The summed E-state index contributed by atoms with van der Waals surface area (Å²) in [6, 6.07) is 2.64. The zero-order valence-electron chi connectivity index (χ0n) is 10.9. The van der Waals surface area contributed by atoms with E-state index in [0.717, 1.165) is 12.1 Å². The van der Waals surface area contributed by atoms with Gasteiger partial charge in [-0.25, -0.2) is 4.79 Å². The van der Waals surface area contributed by atoms with Crippen molar-refractivity contribution < 1.29 is 18.0 Å². The number of halogens is 3. The van der Waals surface area contributed by atoms with Crippen LogP contribution in [-0.2, 0) is 6.18 Å². The number of urea groups is 1. The maximum absolute atomic E-state index is 12.6. The first-order chi connectivity index (χ1) is 8.49. The van der Waals surface area contributed by atoms with Gasteiger partial charge in [0, 0.05) is 16.9 Å². The third-order valence-corrected chi connectivity index (χ3v) is 2.11. The lowest BCUT2D eigenvalue weighted by molar-refractivity contribution is -0.136. The molecule has 4 N–H and O–H groups in total. The smallest absolute Gasteiger partial charge is 0.398 e. The third kappa shape index (κ3) is 4.69. The van der Waals surface area contributed by atoms with E-state index in [1.165, 1.54) is 6.07 Å². The van der Waals surface area contributed by atoms with Crippen LogP contribution in [0, 0.1) is 0 Å². The molecule has 19 heavy (non-hydrogen) atoms. The molecule has 0 heterocycles. The van der Waals surface area contributed by atoms with Gasteiger partial charge in [-0.1, -0.05) is 0 Å². The number of nitrogens with two attached hydrogens (primary N) is 1. The van der Waals surface area contributed by atoms with E-state index >= 15 is 0 Å². The molecular weight excluding hydrogens is 259 g/mol. The van der Waals surface area contributed by atoms with Crippen LogP contribution in [0.5, 0.6) is 0 Å². The lowest BCUT2D eigenvalue weighted by Gasteiger charge is -2.21. The SMILES string of the molecule is CC(C)(C)NC(=O)Nc1ccc(N)c(C(F)(F)F)c1. The quantitative estimate of drug-likeness (QED) is 0.689. The summed E-state index contributed by atoms with van der Waals surface area (Å²) in [6.07, 6.45) is -4.55. The van der Waals surface area contributed by atoms with E-state index in [1.807, 2.05) is 0 Å². The summed E-state index contributed by atoms with van der Waals surface area (Å²) in [5, 5.41) is 4.91. The molecule has 0 spiro atoms. The number of carbonyl (C=O) groups excluding carboxylic acids is 1. The molecule has 0 fully saturated rings. The van der Waals surface area contributed by atoms with Crippen molar-refractivity contribution in [2.24, 2.45) is 0 Å². The average molecular weight is 275 g/mol. The molecule has 0 saturated heterocycles. The van der Waals surface area contributed by atoms with Gasteiger partial charge in [0.1, 0.15) is 0 Å². The van der Waals surface area contributed by atoms with E-state index < -0.39 is 23.3 Å². The normalized spacial score (nSPS) is 12.1. The number of anilines is 2. The number of nitrogens with one attached hydrogen (secondary N) is 2. The summed E-state index contributed by atoms with van der Waals surface area (Å²) in [5.74, 6) is 0. The first-order valence-electron chi connectivity index (χ1n) is 5.55. The highest BCUT2D eigenvalue weighted by molar-refractivity contribution is 5.90. The largest absolute Gasteiger partial charge is 0.418 e. The molecular formula is C12H16F3N3O. The molecule has 0 radical (unpaired) electrons. The molecule has 0 unspecified atom stereocenters. The Morgan fingerprint density at radius 1 is 1.21 bits per heavy atom. The number of hydrogen-bond acceptors (Lipinski definition) is 2. The van der Waals surface area contributed by atoms with Crippen molar-refractivity contribution in [1.29, 1.82) is 0 Å². The Balaban J connectivity index is 2.89. The molecule has 0 aliphatic rings. The molecule has 0 saturated carbocycles. The van der Waals surface area contributed by atoms with Crippen LogP contribution in [0.3, 0.4) is 0 Å². The van der Waals surface area contributed by atoms with Crippen molar-refractivity contribution in [2.75, 3.05) is 11.1 Å². The molecule has 0 aliphatic heterocycles. The van der Waals surface area contributed by atoms with Gasteiger partial charge in [0.15, 0.2) is 0 Å². The van der Waals surface area contributed by atoms with E-state index in [-0.39, 0.29) is 11.4 Å². The molecule has 1 rings (SSSR count). The number of benzene rings is 1. The van der Waals surface area contributed by atoms with Crippen molar-refractivity contribution in [3.8, 4) is 0 Å². The summed E-state index contributed by atoms with van der Waals surface area (Å²) in [4.78, 5) is 11.5. The Hall–Kier alpha value is -1.92. The van der Waals surface area contributed by atoms with E-state index in [9.17, 15) is 18.0 Å². The summed E-state index contributed by atoms with van der Waals surface area (Å²) >= 11 is 0. The van der Waals surface area contributed by atoms with E-state index in [4.69, 9.17) is 5.73 Å². The van der Waals surface area contributed by atoms with Gasteiger partial charge in [-0.2, -0.15) is 13.2 Å². The van der Waals surface area contributed by atoms with Crippen LogP contribution in [-0.4, -0.2) is 11.6 Å². The number of hydrogen-bond donors (Lipinski definition) is 3. The standard InChI is InChI=1S/C12H16F3N3O/c1-11(2,3)18-10(19)17-7-4-5-9(16)8(6-7)12(13,14)15/h4-6H,16H2,1-3H3,(H2,17,18,19). The Morgan fingerprint density at radius 2 is 1.79 bits per heavy atom. The van der Waals surface area contributed by atoms with Crippen molar-refractivity contribution >= 4 is 17.4 Å². The molecule has 1 aromatic carbocycles. The fraction of sp³-hybridized carbons (Fsp3) is 0.417. The van der Waals surface area contributed by atoms with Gasteiger partial charge < -0.3 is 16.4 Å². The number of nitrogen functional groups attached to an aromatic ring is 1.